The summed E-state index contributed by atoms with van der Waals surface area (Å²) in [6, 6.07) is 14.4. The maximum absolute atomic E-state index is 12.1. The van der Waals surface area contributed by atoms with Crippen LogP contribution in [0, 0.1) is 13.8 Å². The number of hydrogen-bond donors (Lipinski definition) is 2. The minimum Gasteiger partial charge on any atom is -0.455 e. The molecule has 0 radical (unpaired) electrons. The fraction of sp³-hybridized carbons (Fsp3) is 0.286. The molecule has 2 rings (SSSR count). The van der Waals surface area contributed by atoms with E-state index in [0.717, 1.165) is 16.7 Å². The first kappa shape index (κ1) is 20.2. The fourth-order valence-electron chi connectivity index (χ4n) is 2.61. The number of esters is 1. The molecule has 6 nitrogen and oxygen atoms in total. The smallest absolute Gasteiger partial charge is 0.308 e. The van der Waals surface area contributed by atoms with Gasteiger partial charge in [0.15, 0.2) is 6.61 Å². The average molecular weight is 368 g/mol. The second-order valence-electron chi connectivity index (χ2n) is 6.40. The van der Waals surface area contributed by atoms with Gasteiger partial charge in [-0.15, -0.1) is 0 Å². The summed E-state index contributed by atoms with van der Waals surface area (Å²) < 4.78 is 5.08. The van der Waals surface area contributed by atoms with Gasteiger partial charge in [0.25, 0.3) is 5.91 Å². The number of aryl methyl sites for hydroxylation is 2. The van der Waals surface area contributed by atoms with Crippen LogP contribution in [-0.2, 0) is 19.1 Å². The van der Waals surface area contributed by atoms with Gasteiger partial charge in [-0.25, -0.2) is 0 Å². The maximum Gasteiger partial charge on any atom is 0.308 e. The number of benzene rings is 2. The van der Waals surface area contributed by atoms with Crippen LogP contribution < -0.4 is 10.6 Å². The van der Waals surface area contributed by atoms with E-state index in [-0.39, 0.29) is 18.9 Å². The van der Waals surface area contributed by atoms with Crippen molar-refractivity contribution in [3.63, 3.8) is 0 Å². The number of ether oxygens (including phenoxy) is 1. The summed E-state index contributed by atoms with van der Waals surface area (Å²) in [6.45, 7) is 4.83. The summed E-state index contributed by atoms with van der Waals surface area (Å²) in [5, 5.41) is 5.47. The van der Waals surface area contributed by atoms with E-state index in [2.05, 4.69) is 10.6 Å². The Bertz CT molecular complexity index is 818. The highest BCUT2D eigenvalue weighted by Crippen LogP contribution is 2.18. The highest BCUT2D eigenvalue weighted by atomic mass is 16.5. The summed E-state index contributed by atoms with van der Waals surface area (Å²) in [7, 11) is 0. The Morgan fingerprint density at radius 3 is 2.41 bits per heavy atom. The average Bonchev–Trinajstić information content (AvgIpc) is 2.63. The van der Waals surface area contributed by atoms with Crippen molar-refractivity contribution in [2.75, 3.05) is 11.9 Å². The van der Waals surface area contributed by atoms with Gasteiger partial charge in [-0.05, 0) is 36.6 Å². The molecule has 2 N–H and O–H groups in total. The van der Waals surface area contributed by atoms with Gasteiger partial charge in [-0.1, -0.05) is 42.5 Å². The second-order valence-corrected chi connectivity index (χ2v) is 6.40. The predicted octanol–water partition coefficient (Wildman–Crippen LogP) is 3.05. The van der Waals surface area contributed by atoms with Crippen LogP contribution in [0.15, 0.2) is 48.5 Å². The largest absolute Gasteiger partial charge is 0.455 e. The molecule has 0 aliphatic carbocycles. The van der Waals surface area contributed by atoms with Crippen molar-refractivity contribution in [1.29, 1.82) is 0 Å². The first-order chi connectivity index (χ1) is 12.8. The molecule has 1 atom stereocenters. The summed E-state index contributed by atoms with van der Waals surface area (Å²) in [6.07, 6.45) is -0.0552. The molecule has 0 aliphatic heterocycles. The molecular formula is C21H24N2O4. The van der Waals surface area contributed by atoms with Crippen LogP contribution in [0.1, 0.15) is 36.1 Å². The Kier molecular flexibility index (Phi) is 7.11. The molecule has 6 heteroatoms. The molecule has 2 aromatic rings. The summed E-state index contributed by atoms with van der Waals surface area (Å²) in [5.74, 6) is -1.22. The lowest BCUT2D eigenvalue weighted by atomic mass is 10.0. The second kappa shape index (κ2) is 9.52. The van der Waals surface area contributed by atoms with E-state index >= 15 is 0 Å². The summed E-state index contributed by atoms with van der Waals surface area (Å²) in [4.78, 5) is 35.6. The maximum atomic E-state index is 12.1. The zero-order valence-electron chi connectivity index (χ0n) is 15.7. The molecule has 0 bridgehead atoms. The molecule has 0 aliphatic rings. The number of anilines is 1. The van der Waals surface area contributed by atoms with Crippen molar-refractivity contribution in [2.24, 2.45) is 0 Å². The Morgan fingerprint density at radius 1 is 1.04 bits per heavy atom. The van der Waals surface area contributed by atoms with Gasteiger partial charge >= 0.3 is 5.97 Å². The molecule has 0 fully saturated rings. The van der Waals surface area contributed by atoms with Crippen LogP contribution in [0.4, 0.5) is 5.69 Å². The molecule has 0 saturated carbocycles. The monoisotopic (exact) mass is 368 g/mol. The van der Waals surface area contributed by atoms with Gasteiger partial charge in [0.1, 0.15) is 0 Å². The Morgan fingerprint density at radius 2 is 1.74 bits per heavy atom. The van der Waals surface area contributed by atoms with Crippen LogP contribution >= 0.6 is 0 Å². The van der Waals surface area contributed by atoms with Crippen molar-refractivity contribution >= 4 is 23.5 Å². The van der Waals surface area contributed by atoms with E-state index in [1.807, 2.05) is 62.4 Å². The van der Waals surface area contributed by atoms with Gasteiger partial charge in [0, 0.05) is 12.6 Å². The van der Waals surface area contributed by atoms with Crippen LogP contribution in [-0.4, -0.2) is 24.4 Å². The molecular weight excluding hydrogens is 344 g/mol. The van der Waals surface area contributed by atoms with E-state index in [1.54, 1.807) is 0 Å². The number of rotatable bonds is 7. The molecule has 142 valence electrons. The van der Waals surface area contributed by atoms with Crippen LogP contribution in [0.5, 0.6) is 0 Å². The molecule has 0 heterocycles. The van der Waals surface area contributed by atoms with E-state index in [4.69, 9.17) is 4.74 Å². The molecule has 2 aromatic carbocycles. The summed E-state index contributed by atoms with van der Waals surface area (Å²) in [5.41, 5.74) is 3.44. The minimum atomic E-state index is -0.561. The predicted molar refractivity (Wildman–Crippen MR) is 103 cm³/mol. The zero-order chi connectivity index (χ0) is 19.8. The minimum absolute atomic E-state index is 0.0552. The standard InChI is InChI=1S/C21H24N2O4/c1-14-9-10-15(2)18(11-14)23-20(25)13-27-21(26)12-19(22-16(3)24)17-7-5-4-6-8-17/h4-11,19H,12-13H2,1-3H3,(H,22,24)(H,23,25)/t19-/m1/s1. The van der Waals surface area contributed by atoms with Crippen molar-refractivity contribution < 1.29 is 19.1 Å². The van der Waals surface area contributed by atoms with Gasteiger partial charge in [-0.3, -0.25) is 14.4 Å². The number of nitrogens with one attached hydrogen (secondary N) is 2. The number of carbonyl (C=O) groups excluding carboxylic acids is 3. The molecule has 2 amide bonds. The first-order valence-electron chi connectivity index (χ1n) is 8.70. The van der Waals surface area contributed by atoms with E-state index in [9.17, 15) is 14.4 Å². The van der Waals surface area contributed by atoms with Gasteiger partial charge in [-0.2, -0.15) is 0 Å². The molecule has 27 heavy (non-hydrogen) atoms. The highest BCUT2D eigenvalue weighted by Gasteiger charge is 2.18. The van der Waals surface area contributed by atoms with Crippen LogP contribution in [0.3, 0.4) is 0 Å². The molecule has 0 aromatic heterocycles. The quantitative estimate of drug-likeness (QED) is 0.736. The Balaban J connectivity index is 1.90. The third-order valence-electron chi connectivity index (χ3n) is 3.98. The molecule has 0 saturated heterocycles. The molecule has 0 unspecified atom stereocenters. The third kappa shape index (κ3) is 6.58. The zero-order valence-corrected chi connectivity index (χ0v) is 15.7. The van der Waals surface area contributed by atoms with Crippen molar-refractivity contribution in [1.82, 2.24) is 5.32 Å². The lowest BCUT2D eigenvalue weighted by Gasteiger charge is -2.17. The summed E-state index contributed by atoms with van der Waals surface area (Å²) >= 11 is 0. The van der Waals surface area contributed by atoms with Crippen molar-refractivity contribution in [3.05, 3.63) is 65.2 Å². The van der Waals surface area contributed by atoms with Gasteiger partial charge in [0.05, 0.1) is 12.5 Å². The Hall–Kier alpha value is -3.15. The van der Waals surface area contributed by atoms with Crippen LogP contribution in [0.2, 0.25) is 0 Å². The van der Waals surface area contributed by atoms with Crippen LogP contribution in [0.25, 0.3) is 0 Å². The SMILES string of the molecule is CC(=O)N[C@H](CC(=O)OCC(=O)Nc1cc(C)ccc1C)c1ccccc1. The van der Waals surface area contributed by atoms with Crippen molar-refractivity contribution in [3.8, 4) is 0 Å². The number of carbonyl (C=O) groups is 3. The van der Waals surface area contributed by atoms with Gasteiger partial charge in [0.2, 0.25) is 5.91 Å². The third-order valence-corrected chi connectivity index (χ3v) is 3.98. The van der Waals surface area contributed by atoms with E-state index < -0.39 is 17.9 Å². The van der Waals surface area contributed by atoms with E-state index in [0.29, 0.717) is 5.69 Å². The first-order valence-corrected chi connectivity index (χ1v) is 8.70. The van der Waals surface area contributed by atoms with Gasteiger partial charge < -0.3 is 15.4 Å². The Labute approximate surface area is 158 Å². The lowest BCUT2D eigenvalue weighted by Crippen LogP contribution is -2.29. The number of amides is 2. The topological polar surface area (TPSA) is 84.5 Å². The van der Waals surface area contributed by atoms with E-state index in [1.165, 1.54) is 6.92 Å². The molecule has 0 spiro atoms. The fourth-order valence-corrected chi connectivity index (χ4v) is 2.61. The normalized spacial score (nSPS) is 11.4. The number of hydrogen-bond acceptors (Lipinski definition) is 4. The lowest BCUT2D eigenvalue weighted by molar-refractivity contribution is -0.148. The highest BCUT2D eigenvalue weighted by molar-refractivity contribution is 5.93. The van der Waals surface area contributed by atoms with Crippen molar-refractivity contribution in [2.45, 2.75) is 33.2 Å².